The van der Waals surface area contributed by atoms with E-state index in [1.54, 1.807) is 42.5 Å². The number of nitrogens with one attached hydrogen (secondary N) is 1. The lowest BCUT2D eigenvalue weighted by molar-refractivity contribution is 0.0955. The molecule has 0 aliphatic rings. The van der Waals surface area contributed by atoms with Gasteiger partial charge in [-0.25, -0.2) is 5.43 Å². The number of carbonyl (C=O) groups excluding carboxylic acids is 1. The molecule has 1 N–H and O–H groups in total. The van der Waals surface area contributed by atoms with Gasteiger partial charge in [-0.1, -0.05) is 42.0 Å². The van der Waals surface area contributed by atoms with Crippen LogP contribution in [-0.2, 0) is 10.1 Å². The van der Waals surface area contributed by atoms with Crippen LogP contribution in [0.2, 0.25) is 0 Å². The summed E-state index contributed by atoms with van der Waals surface area (Å²) in [5.41, 5.74) is 4.98. The van der Waals surface area contributed by atoms with E-state index in [2.05, 4.69) is 10.5 Å². The molecule has 7 nitrogen and oxygen atoms in total. The van der Waals surface area contributed by atoms with Crippen molar-refractivity contribution in [3.8, 4) is 11.4 Å². The maximum atomic E-state index is 12.7. The molecule has 0 fully saturated rings. The lowest BCUT2D eigenvalue weighted by Crippen LogP contribution is -2.19. The zero-order valence-corrected chi connectivity index (χ0v) is 18.6. The molecule has 3 aromatic carbocycles. The first-order valence-electron chi connectivity index (χ1n) is 10.1. The number of hydrazone groups is 1. The van der Waals surface area contributed by atoms with Crippen LogP contribution in [0.3, 0.4) is 0 Å². The number of aryl methyl sites for hydroxylation is 1. The summed E-state index contributed by atoms with van der Waals surface area (Å²) < 4.78 is 32.5. The van der Waals surface area contributed by atoms with E-state index in [1.807, 2.05) is 48.1 Å². The zero-order chi connectivity index (χ0) is 23.3. The SMILES string of the molecule is Cc1ccc(S(=O)(=O)Oc2ccccc2/C=N\NC(=O)c2ccccc2-n2cccc2)cc1. The number of hydrogen-bond acceptors (Lipinski definition) is 5. The summed E-state index contributed by atoms with van der Waals surface area (Å²) in [5.74, 6) is -0.301. The van der Waals surface area contributed by atoms with Crippen molar-refractivity contribution in [3.05, 3.63) is 114 Å². The second kappa shape index (κ2) is 9.54. The first-order valence-corrected chi connectivity index (χ1v) is 11.5. The highest BCUT2D eigenvalue weighted by molar-refractivity contribution is 7.87. The molecule has 0 unspecified atom stereocenters. The molecule has 0 aliphatic carbocycles. The Morgan fingerprint density at radius 3 is 2.33 bits per heavy atom. The quantitative estimate of drug-likeness (QED) is 0.253. The highest BCUT2D eigenvalue weighted by atomic mass is 32.2. The standard InChI is InChI=1S/C25H21N3O4S/c1-19-12-14-21(15-13-19)33(30,31)32-24-11-5-2-8-20(24)18-26-27-25(29)22-9-3-4-10-23(22)28-16-6-7-17-28/h2-18H,1H3,(H,27,29)/b26-18-. The Balaban J connectivity index is 1.51. The number of nitrogens with zero attached hydrogens (tertiary/aromatic N) is 2. The molecule has 0 bridgehead atoms. The molecule has 4 rings (SSSR count). The molecule has 1 amide bonds. The van der Waals surface area contributed by atoms with E-state index in [-0.39, 0.29) is 10.6 Å². The van der Waals surface area contributed by atoms with Crippen molar-refractivity contribution in [1.82, 2.24) is 9.99 Å². The molecule has 4 aromatic rings. The van der Waals surface area contributed by atoms with Crippen LogP contribution in [0.25, 0.3) is 5.69 Å². The molecule has 0 saturated heterocycles. The Morgan fingerprint density at radius 1 is 0.909 bits per heavy atom. The summed E-state index contributed by atoms with van der Waals surface area (Å²) in [4.78, 5) is 12.8. The van der Waals surface area contributed by atoms with E-state index in [9.17, 15) is 13.2 Å². The molecule has 0 atom stereocenters. The van der Waals surface area contributed by atoms with Gasteiger partial charge in [0.05, 0.1) is 17.5 Å². The maximum absolute atomic E-state index is 12.7. The first-order chi connectivity index (χ1) is 15.9. The highest BCUT2D eigenvalue weighted by Crippen LogP contribution is 2.22. The van der Waals surface area contributed by atoms with Crippen LogP contribution in [0.1, 0.15) is 21.5 Å². The van der Waals surface area contributed by atoms with Gasteiger partial charge in [0.15, 0.2) is 5.75 Å². The first kappa shape index (κ1) is 22.0. The van der Waals surface area contributed by atoms with Gasteiger partial charge in [0.25, 0.3) is 5.91 Å². The monoisotopic (exact) mass is 459 g/mol. The summed E-state index contributed by atoms with van der Waals surface area (Å²) in [7, 11) is -4.02. The zero-order valence-electron chi connectivity index (χ0n) is 17.8. The molecule has 1 aromatic heterocycles. The van der Waals surface area contributed by atoms with Crippen molar-refractivity contribution in [2.45, 2.75) is 11.8 Å². The minimum atomic E-state index is -4.02. The number of hydrogen-bond donors (Lipinski definition) is 1. The third kappa shape index (κ3) is 5.19. The molecule has 0 aliphatic heterocycles. The van der Waals surface area contributed by atoms with Crippen LogP contribution < -0.4 is 9.61 Å². The molecule has 0 radical (unpaired) electrons. The molecule has 8 heteroatoms. The largest absolute Gasteiger partial charge is 0.378 e. The lowest BCUT2D eigenvalue weighted by atomic mass is 10.1. The Hall–Kier alpha value is -4.17. The van der Waals surface area contributed by atoms with Crippen molar-refractivity contribution >= 4 is 22.2 Å². The van der Waals surface area contributed by atoms with E-state index in [1.165, 1.54) is 24.4 Å². The lowest BCUT2D eigenvalue weighted by Gasteiger charge is -2.10. The summed E-state index contributed by atoms with van der Waals surface area (Å²) in [5, 5.41) is 4.01. The van der Waals surface area contributed by atoms with Crippen molar-refractivity contribution in [2.75, 3.05) is 0 Å². The van der Waals surface area contributed by atoms with E-state index in [0.29, 0.717) is 16.8 Å². The molecule has 1 heterocycles. The van der Waals surface area contributed by atoms with Gasteiger partial charge in [-0.15, -0.1) is 0 Å². The highest BCUT2D eigenvalue weighted by Gasteiger charge is 2.18. The van der Waals surface area contributed by atoms with Crippen molar-refractivity contribution in [1.29, 1.82) is 0 Å². The van der Waals surface area contributed by atoms with Crippen LogP contribution in [-0.4, -0.2) is 25.1 Å². The average Bonchev–Trinajstić information content (AvgIpc) is 3.35. The van der Waals surface area contributed by atoms with Crippen LogP contribution in [0.4, 0.5) is 0 Å². The van der Waals surface area contributed by atoms with Crippen LogP contribution in [0, 0.1) is 6.92 Å². The van der Waals surface area contributed by atoms with Gasteiger partial charge in [-0.2, -0.15) is 13.5 Å². The molecular formula is C25H21N3O4S. The smallest absolute Gasteiger partial charge is 0.339 e. The second-order valence-corrected chi connectivity index (χ2v) is 8.74. The van der Waals surface area contributed by atoms with Crippen LogP contribution in [0.5, 0.6) is 5.75 Å². The fraction of sp³-hybridized carbons (Fsp3) is 0.0400. The minimum Gasteiger partial charge on any atom is -0.378 e. The van der Waals surface area contributed by atoms with E-state index in [4.69, 9.17) is 4.18 Å². The number of benzene rings is 3. The second-order valence-electron chi connectivity index (χ2n) is 7.19. The topological polar surface area (TPSA) is 89.8 Å². The van der Waals surface area contributed by atoms with Crippen LogP contribution in [0.15, 0.2) is 107 Å². The third-order valence-electron chi connectivity index (χ3n) is 4.83. The summed E-state index contributed by atoms with van der Waals surface area (Å²) in [6.45, 7) is 1.87. The predicted octanol–water partition coefficient (Wildman–Crippen LogP) is 4.32. The Morgan fingerprint density at radius 2 is 1.58 bits per heavy atom. The summed E-state index contributed by atoms with van der Waals surface area (Å²) in [6.07, 6.45) is 5.03. The van der Waals surface area contributed by atoms with Gasteiger partial charge in [-0.05, 0) is 55.5 Å². The fourth-order valence-corrected chi connectivity index (χ4v) is 4.09. The van der Waals surface area contributed by atoms with Gasteiger partial charge in [-0.3, -0.25) is 4.79 Å². The third-order valence-corrected chi connectivity index (χ3v) is 6.08. The molecule has 0 saturated carbocycles. The van der Waals surface area contributed by atoms with Gasteiger partial charge in [0.2, 0.25) is 0 Å². The molecule has 166 valence electrons. The van der Waals surface area contributed by atoms with E-state index >= 15 is 0 Å². The van der Waals surface area contributed by atoms with Gasteiger partial charge in [0, 0.05) is 18.0 Å². The number of para-hydroxylation sites is 2. The Bertz CT molecular complexity index is 1390. The van der Waals surface area contributed by atoms with E-state index < -0.39 is 16.0 Å². The normalized spacial score (nSPS) is 11.4. The Labute approximate surface area is 192 Å². The van der Waals surface area contributed by atoms with E-state index in [0.717, 1.165) is 5.56 Å². The van der Waals surface area contributed by atoms with Crippen molar-refractivity contribution in [3.63, 3.8) is 0 Å². The van der Waals surface area contributed by atoms with Gasteiger partial charge >= 0.3 is 10.1 Å². The number of carbonyl (C=O) groups is 1. The molecule has 0 spiro atoms. The fourth-order valence-electron chi connectivity index (χ4n) is 3.14. The van der Waals surface area contributed by atoms with Crippen LogP contribution >= 0.6 is 0 Å². The minimum absolute atomic E-state index is 0.0507. The number of rotatable bonds is 7. The molecular weight excluding hydrogens is 438 g/mol. The summed E-state index contributed by atoms with van der Waals surface area (Å²) >= 11 is 0. The molecule has 33 heavy (non-hydrogen) atoms. The number of aromatic nitrogens is 1. The van der Waals surface area contributed by atoms with Crippen molar-refractivity contribution in [2.24, 2.45) is 5.10 Å². The maximum Gasteiger partial charge on any atom is 0.339 e. The van der Waals surface area contributed by atoms with Crippen molar-refractivity contribution < 1.29 is 17.4 Å². The summed E-state index contributed by atoms with van der Waals surface area (Å²) in [6, 6.07) is 23.8. The average molecular weight is 460 g/mol. The predicted molar refractivity (Wildman–Crippen MR) is 126 cm³/mol. The number of amides is 1. The Kier molecular flexibility index (Phi) is 6.37. The van der Waals surface area contributed by atoms with Gasteiger partial charge < -0.3 is 8.75 Å². The van der Waals surface area contributed by atoms with Gasteiger partial charge in [0.1, 0.15) is 4.90 Å².